The Morgan fingerprint density at radius 3 is 2.55 bits per heavy atom. The van der Waals surface area contributed by atoms with Gasteiger partial charge in [-0.2, -0.15) is 0 Å². The van der Waals surface area contributed by atoms with Gasteiger partial charge >= 0.3 is 4.87 Å². The molecule has 0 aliphatic carbocycles. The number of H-pyrrole nitrogens is 1. The SMILES string of the molecule is O=c1[nH]c2ccc(S(=O)(=O)Nc3ccc(F)c(F)c3)cc2s1. The molecule has 0 radical (unpaired) electrons. The van der Waals surface area contributed by atoms with E-state index >= 15 is 0 Å². The van der Waals surface area contributed by atoms with Gasteiger partial charge in [-0.15, -0.1) is 0 Å². The lowest BCUT2D eigenvalue weighted by molar-refractivity contribution is 0.509. The van der Waals surface area contributed by atoms with Crippen molar-refractivity contribution in [1.29, 1.82) is 0 Å². The van der Waals surface area contributed by atoms with Crippen LogP contribution in [0.1, 0.15) is 0 Å². The second-order valence-corrected chi connectivity index (χ2v) is 7.10. The Hall–Kier alpha value is -2.26. The maximum Gasteiger partial charge on any atom is 0.305 e. The third kappa shape index (κ3) is 2.72. The number of hydrogen-bond acceptors (Lipinski definition) is 4. The van der Waals surface area contributed by atoms with Gasteiger partial charge in [0.05, 0.1) is 20.8 Å². The molecule has 0 saturated carbocycles. The van der Waals surface area contributed by atoms with Gasteiger partial charge in [-0.1, -0.05) is 11.3 Å². The molecule has 9 heteroatoms. The number of sulfonamides is 1. The highest BCUT2D eigenvalue weighted by atomic mass is 32.2. The fourth-order valence-electron chi connectivity index (χ4n) is 1.87. The van der Waals surface area contributed by atoms with E-state index in [1.807, 2.05) is 0 Å². The number of thiazole rings is 1. The number of benzene rings is 2. The van der Waals surface area contributed by atoms with Crippen LogP contribution in [-0.4, -0.2) is 13.4 Å². The summed E-state index contributed by atoms with van der Waals surface area (Å²) in [7, 11) is -3.97. The number of rotatable bonds is 3. The summed E-state index contributed by atoms with van der Waals surface area (Å²) in [6, 6.07) is 6.80. The summed E-state index contributed by atoms with van der Waals surface area (Å²) >= 11 is 0.880. The van der Waals surface area contributed by atoms with Crippen LogP contribution in [0.2, 0.25) is 0 Å². The molecule has 0 fully saturated rings. The van der Waals surface area contributed by atoms with Crippen LogP contribution < -0.4 is 9.60 Å². The van der Waals surface area contributed by atoms with Crippen molar-refractivity contribution in [3.8, 4) is 0 Å². The normalized spacial score (nSPS) is 11.7. The quantitative estimate of drug-likeness (QED) is 0.768. The summed E-state index contributed by atoms with van der Waals surface area (Å²) in [6.07, 6.45) is 0. The molecule has 3 aromatic rings. The van der Waals surface area contributed by atoms with Crippen LogP contribution in [0, 0.1) is 11.6 Å². The van der Waals surface area contributed by atoms with E-state index in [0.717, 1.165) is 29.5 Å². The lowest BCUT2D eigenvalue weighted by atomic mass is 10.3. The van der Waals surface area contributed by atoms with Crippen molar-refractivity contribution in [2.24, 2.45) is 0 Å². The average Bonchev–Trinajstić information content (AvgIpc) is 2.81. The standard InChI is InChI=1S/C13H8F2N2O3S2/c14-9-3-1-7(5-10(9)15)17-22(19,20)8-2-4-11-12(6-8)21-13(18)16-11/h1-6,17H,(H,16,18). The topological polar surface area (TPSA) is 79.0 Å². The zero-order valence-electron chi connectivity index (χ0n) is 10.8. The molecular weight excluding hydrogens is 334 g/mol. The summed E-state index contributed by atoms with van der Waals surface area (Å²) in [5.74, 6) is -2.22. The first-order chi connectivity index (χ1) is 10.3. The second kappa shape index (κ2) is 5.18. The minimum atomic E-state index is -3.97. The van der Waals surface area contributed by atoms with Gasteiger partial charge in [0, 0.05) is 6.07 Å². The summed E-state index contributed by atoms with van der Waals surface area (Å²) in [6.45, 7) is 0. The number of halogens is 2. The van der Waals surface area contributed by atoms with Crippen molar-refractivity contribution in [2.45, 2.75) is 4.90 Å². The molecule has 0 amide bonds. The molecule has 0 unspecified atom stereocenters. The number of aromatic amines is 1. The molecule has 2 aromatic carbocycles. The van der Waals surface area contributed by atoms with E-state index in [4.69, 9.17) is 0 Å². The predicted octanol–water partition coefficient (Wildman–Crippen LogP) is 2.67. The Bertz CT molecular complexity index is 1030. The first kappa shape index (κ1) is 14.7. The first-order valence-corrected chi connectivity index (χ1v) is 8.26. The molecule has 0 aliphatic heterocycles. The maximum atomic E-state index is 13.1. The highest BCUT2D eigenvalue weighted by molar-refractivity contribution is 7.92. The fraction of sp³-hybridized carbons (Fsp3) is 0. The van der Waals surface area contributed by atoms with Gasteiger partial charge < -0.3 is 4.98 Å². The van der Waals surface area contributed by atoms with Crippen LogP contribution in [0.15, 0.2) is 46.1 Å². The lowest BCUT2D eigenvalue weighted by Gasteiger charge is -2.08. The highest BCUT2D eigenvalue weighted by Crippen LogP contribution is 2.22. The molecule has 0 saturated heterocycles. The zero-order chi connectivity index (χ0) is 15.9. The van der Waals surface area contributed by atoms with Crippen LogP contribution in [0.4, 0.5) is 14.5 Å². The average molecular weight is 342 g/mol. The van der Waals surface area contributed by atoms with E-state index in [-0.39, 0.29) is 15.5 Å². The van der Waals surface area contributed by atoms with Crippen molar-refractivity contribution in [3.63, 3.8) is 0 Å². The first-order valence-electron chi connectivity index (χ1n) is 5.96. The maximum absolute atomic E-state index is 13.1. The molecule has 1 heterocycles. The fourth-order valence-corrected chi connectivity index (χ4v) is 3.79. The van der Waals surface area contributed by atoms with Crippen molar-refractivity contribution in [2.75, 3.05) is 4.72 Å². The molecule has 0 spiro atoms. The Kier molecular flexibility index (Phi) is 3.45. The summed E-state index contributed by atoms with van der Waals surface area (Å²) in [5, 5.41) is 0. The Morgan fingerprint density at radius 2 is 1.82 bits per heavy atom. The molecule has 3 rings (SSSR count). The molecule has 1 aromatic heterocycles. The number of anilines is 1. The molecule has 22 heavy (non-hydrogen) atoms. The van der Waals surface area contributed by atoms with Crippen LogP contribution in [0.3, 0.4) is 0 Å². The molecular formula is C13H8F2N2O3S2. The Labute approximate surface area is 127 Å². The summed E-state index contributed by atoms with van der Waals surface area (Å²) in [5.41, 5.74) is 0.433. The molecule has 2 N–H and O–H groups in total. The lowest BCUT2D eigenvalue weighted by Crippen LogP contribution is -2.13. The van der Waals surface area contributed by atoms with Crippen molar-refractivity contribution < 1.29 is 17.2 Å². The van der Waals surface area contributed by atoms with Gasteiger partial charge in [-0.3, -0.25) is 9.52 Å². The highest BCUT2D eigenvalue weighted by Gasteiger charge is 2.16. The molecule has 0 atom stereocenters. The third-order valence-electron chi connectivity index (χ3n) is 2.87. The minimum absolute atomic E-state index is 0.0833. The van der Waals surface area contributed by atoms with E-state index in [0.29, 0.717) is 10.2 Å². The van der Waals surface area contributed by atoms with E-state index < -0.39 is 21.7 Å². The second-order valence-electron chi connectivity index (χ2n) is 4.41. The van der Waals surface area contributed by atoms with E-state index in [1.54, 1.807) is 0 Å². The smallest absolute Gasteiger partial charge is 0.305 e. The van der Waals surface area contributed by atoms with Crippen molar-refractivity contribution in [3.05, 3.63) is 57.7 Å². The number of nitrogens with one attached hydrogen (secondary N) is 2. The van der Waals surface area contributed by atoms with Crippen molar-refractivity contribution >= 4 is 37.3 Å². The van der Waals surface area contributed by atoms with Gasteiger partial charge in [0.25, 0.3) is 10.0 Å². The van der Waals surface area contributed by atoms with Gasteiger partial charge in [0.15, 0.2) is 11.6 Å². The predicted molar refractivity (Wildman–Crippen MR) is 79.6 cm³/mol. The molecule has 0 bridgehead atoms. The summed E-state index contributed by atoms with van der Waals surface area (Å²) in [4.78, 5) is 13.4. The van der Waals surface area contributed by atoms with Crippen LogP contribution in [-0.2, 0) is 10.0 Å². The van der Waals surface area contributed by atoms with Gasteiger partial charge in [-0.05, 0) is 30.3 Å². The summed E-state index contributed by atoms with van der Waals surface area (Å²) < 4.78 is 53.1. The monoisotopic (exact) mass is 342 g/mol. The van der Waals surface area contributed by atoms with Gasteiger partial charge in [0.2, 0.25) is 0 Å². The van der Waals surface area contributed by atoms with E-state index in [9.17, 15) is 22.0 Å². The van der Waals surface area contributed by atoms with Crippen LogP contribution in [0.25, 0.3) is 10.2 Å². The molecule has 114 valence electrons. The largest absolute Gasteiger partial charge is 0.312 e. The van der Waals surface area contributed by atoms with Crippen molar-refractivity contribution in [1.82, 2.24) is 4.98 Å². The minimum Gasteiger partial charge on any atom is -0.312 e. The van der Waals surface area contributed by atoms with Crippen LogP contribution >= 0.6 is 11.3 Å². The molecule has 0 aliphatic rings. The Balaban J connectivity index is 1.99. The van der Waals surface area contributed by atoms with E-state index in [1.165, 1.54) is 18.2 Å². The molecule has 5 nitrogen and oxygen atoms in total. The number of fused-ring (bicyclic) bond motifs is 1. The van der Waals surface area contributed by atoms with Crippen LogP contribution in [0.5, 0.6) is 0 Å². The van der Waals surface area contributed by atoms with E-state index in [2.05, 4.69) is 9.71 Å². The van der Waals surface area contributed by atoms with Gasteiger partial charge in [0.1, 0.15) is 0 Å². The number of aromatic nitrogens is 1. The zero-order valence-corrected chi connectivity index (χ0v) is 12.4. The third-order valence-corrected chi connectivity index (χ3v) is 5.10. The number of hydrogen-bond donors (Lipinski definition) is 2. The van der Waals surface area contributed by atoms with Gasteiger partial charge in [-0.25, -0.2) is 17.2 Å². The Morgan fingerprint density at radius 1 is 1.05 bits per heavy atom.